The first-order valence-corrected chi connectivity index (χ1v) is 11.4. The van der Waals surface area contributed by atoms with Crippen molar-refractivity contribution in [1.29, 1.82) is 0 Å². The number of sulfonamides is 1. The molecule has 1 aliphatic heterocycles. The smallest absolute Gasteiger partial charge is 0.341 e. The fraction of sp³-hybridized carbons (Fsp3) is 0.409. The van der Waals surface area contributed by atoms with E-state index in [9.17, 15) is 26.4 Å². The molecular formula is C22H25F3N2O3S. The zero-order valence-corrected chi connectivity index (χ0v) is 18.1. The summed E-state index contributed by atoms with van der Waals surface area (Å²) in [7, 11) is -3.72. The second kappa shape index (κ2) is 9.00. The molecule has 0 aromatic heterocycles. The van der Waals surface area contributed by atoms with Crippen molar-refractivity contribution in [1.82, 2.24) is 9.62 Å². The maximum absolute atomic E-state index is 13.5. The van der Waals surface area contributed by atoms with Gasteiger partial charge in [-0.3, -0.25) is 4.79 Å². The van der Waals surface area contributed by atoms with Gasteiger partial charge in [0, 0.05) is 19.0 Å². The van der Waals surface area contributed by atoms with E-state index < -0.39 is 34.1 Å². The predicted molar refractivity (Wildman–Crippen MR) is 111 cm³/mol. The number of nitrogens with zero attached hydrogens (tertiary/aromatic N) is 1. The Morgan fingerprint density at radius 1 is 1.03 bits per heavy atom. The minimum absolute atomic E-state index is 0.0434. The Hall–Kier alpha value is -2.39. The Labute approximate surface area is 180 Å². The monoisotopic (exact) mass is 454 g/mol. The number of aryl methyl sites for hydroxylation is 2. The number of halogens is 3. The second-order valence-electron chi connectivity index (χ2n) is 7.82. The third kappa shape index (κ3) is 5.27. The molecule has 1 atom stereocenters. The molecule has 2 aromatic rings. The highest BCUT2D eigenvalue weighted by Gasteiger charge is 2.43. The molecule has 0 radical (unpaired) electrons. The van der Waals surface area contributed by atoms with E-state index in [0.29, 0.717) is 0 Å². The SMILES string of the molecule is Cc1ccc(S(=O)(=O)N2CCC(C(=O)NC(c3ccccc3)C(F)(F)F)CC2)cc1C. The van der Waals surface area contributed by atoms with E-state index in [-0.39, 0.29) is 36.4 Å². The van der Waals surface area contributed by atoms with Crippen LogP contribution in [0.5, 0.6) is 0 Å². The molecule has 0 aliphatic carbocycles. The van der Waals surface area contributed by atoms with E-state index in [1.54, 1.807) is 24.3 Å². The maximum Gasteiger partial charge on any atom is 0.412 e. The van der Waals surface area contributed by atoms with E-state index in [0.717, 1.165) is 11.1 Å². The summed E-state index contributed by atoms with van der Waals surface area (Å²) < 4.78 is 67.6. The summed E-state index contributed by atoms with van der Waals surface area (Å²) in [6.45, 7) is 3.87. The highest BCUT2D eigenvalue weighted by atomic mass is 32.2. The molecule has 3 rings (SSSR count). The fourth-order valence-corrected chi connectivity index (χ4v) is 5.20. The van der Waals surface area contributed by atoms with E-state index >= 15 is 0 Å². The van der Waals surface area contributed by atoms with Crippen LogP contribution in [0.2, 0.25) is 0 Å². The average Bonchev–Trinajstić information content (AvgIpc) is 2.73. The van der Waals surface area contributed by atoms with Gasteiger partial charge in [-0.25, -0.2) is 8.42 Å². The summed E-state index contributed by atoms with van der Waals surface area (Å²) >= 11 is 0. The molecule has 31 heavy (non-hydrogen) atoms. The molecule has 1 heterocycles. The van der Waals surface area contributed by atoms with Crippen molar-refractivity contribution in [3.63, 3.8) is 0 Å². The van der Waals surface area contributed by atoms with E-state index in [1.807, 2.05) is 13.8 Å². The van der Waals surface area contributed by atoms with Gasteiger partial charge < -0.3 is 5.32 Å². The molecule has 0 saturated carbocycles. The van der Waals surface area contributed by atoms with Crippen molar-refractivity contribution in [2.75, 3.05) is 13.1 Å². The first kappa shape index (κ1) is 23.3. The maximum atomic E-state index is 13.5. The van der Waals surface area contributed by atoms with Crippen LogP contribution in [-0.4, -0.2) is 37.9 Å². The Balaban J connectivity index is 1.67. The third-order valence-corrected chi connectivity index (χ3v) is 7.58. The van der Waals surface area contributed by atoms with Crippen LogP contribution in [0.4, 0.5) is 13.2 Å². The molecule has 9 heteroatoms. The number of benzene rings is 2. The van der Waals surface area contributed by atoms with Gasteiger partial charge in [0.15, 0.2) is 6.04 Å². The molecule has 1 saturated heterocycles. The summed E-state index contributed by atoms with van der Waals surface area (Å²) in [4.78, 5) is 12.7. The summed E-state index contributed by atoms with van der Waals surface area (Å²) in [6.07, 6.45) is -4.31. The standard InChI is InChI=1S/C22H25F3N2O3S/c1-15-8-9-19(14-16(15)2)31(29,30)27-12-10-18(11-13-27)21(28)26-20(22(23,24)25)17-6-4-3-5-7-17/h3-9,14,18,20H,10-13H2,1-2H3,(H,26,28). The largest absolute Gasteiger partial charge is 0.412 e. The lowest BCUT2D eigenvalue weighted by atomic mass is 9.96. The summed E-state index contributed by atoms with van der Waals surface area (Å²) in [5.41, 5.74) is 1.79. The quantitative estimate of drug-likeness (QED) is 0.739. The number of hydrogen-bond donors (Lipinski definition) is 1. The first-order valence-electron chi connectivity index (χ1n) is 9.99. The van der Waals surface area contributed by atoms with Gasteiger partial charge in [-0.1, -0.05) is 36.4 Å². The molecule has 1 aliphatic rings. The second-order valence-corrected chi connectivity index (χ2v) is 9.76. The number of carbonyl (C=O) groups is 1. The zero-order chi connectivity index (χ0) is 22.8. The molecule has 168 valence electrons. The van der Waals surface area contributed by atoms with Crippen molar-refractivity contribution < 1.29 is 26.4 Å². The molecule has 1 unspecified atom stereocenters. The Kier molecular flexibility index (Phi) is 6.76. The van der Waals surface area contributed by atoms with Crippen LogP contribution in [0.1, 0.15) is 35.6 Å². The topological polar surface area (TPSA) is 66.5 Å². The van der Waals surface area contributed by atoms with Crippen LogP contribution in [0.15, 0.2) is 53.4 Å². The first-order chi connectivity index (χ1) is 14.5. The number of nitrogens with one attached hydrogen (secondary N) is 1. The van der Waals surface area contributed by atoms with E-state index in [4.69, 9.17) is 0 Å². The van der Waals surface area contributed by atoms with Gasteiger partial charge in [-0.05, 0) is 55.5 Å². The number of carbonyl (C=O) groups excluding carboxylic acids is 1. The van der Waals surface area contributed by atoms with Crippen molar-refractivity contribution in [3.8, 4) is 0 Å². The van der Waals surface area contributed by atoms with Crippen LogP contribution in [0, 0.1) is 19.8 Å². The number of piperidine rings is 1. The summed E-state index contributed by atoms with van der Waals surface area (Å²) in [5.74, 6) is -1.39. The summed E-state index contributed by atoms with van der Waals surface area (Å²) in [6, 6.07) is 9.99. The number of hydrogen-bond acceptors (Lipinski definition) is 3. The predicted octanol–water partition coefficient (Wildman–Crippen LogP) is 4.12. The number of amides is 1. The van der Waals surface area contributed by atoms with Crippen LogP contribution in [0.3, 0.4) is 0 Å². The van der Waals surface area contributed by atoms with Gasteiger partial charge in [0.25, 0.3) is 0 Å². The molecule has 1 amide bonds. The Bertz CT molecular complexity index is 1030. The van der Waals surface area contributed by atoms with Crippen molar-refractivity contribution in [2.45, 2.75) is 43.8 Å². The molecule has 5 nitrogen and oxygen atoms in total. The lowest BCUT2D eigenvalue weighted by Gasteiger charge is -2.32. The van der Waals surface area contributed by atoms with Crippen molar-refractivity contribution in [3.05, 3.63) is 65.2 Å². The van der Waals surface area contributed by atoms with Crippen LogP contribution in [-0.2, 0) is 14.8 Å². The lowest BCUT2D eigenvalue weighted by molar-refractivity contribution is -0.165. The Morgan fingerprint density at radius 2 is 1.65 bits per heavy atom. The van der Waals surface area contributed by atoms with Crippen LogP contribution >= 0.6 is 0 Å². The molecule has 1 fully saturated rings. The van der Waals surface area contributed by atoms with Gasteiger partial charge >= 0.3 is 6.18 Å². The number of alkyl halides is 3. The Morgan fingerprint density at radius 3 is 2.19 bits per heavy atom. The highest BCUT2D eigenvalue weighted by Crippen LogP contribution is 2.33. The summed E-state index contributed by atoms with van der Waals surface area (Å²) in [5, 5.41) is 2.11. The van der Waals surface area contributed by atoms with Gasteiger partial charge in [0.2, 0.25) is 15.9 Å². The van der Waals surface area contributed by atoms with Crippen LogP contribution < -0.4 is 5.32 Å². The van der Waals surface area contributed by atoms with E-state index in [1.165, 1.54) is 28.6 Å². The molecule has 0 bridgehead atoms. The molecule has 0 spiro atoms. The average molecular weight is 455 g/mol. The van der Waals surface area contributed by atoms with Crippen molar-refractivity contribution in [2.24, 2.45) is 5.92 Å². The minimum atomic E-state index is -4.63. The van der Waals surface area contributed by atoms with Gasteiger partial charge in [0.05, 0.1) is 4.90 Å². The van der Waals surface area contributed by atoms with Gasteiger partial charge in [0.1, 0.15) is 0 Å². The van der Waals surface area contributed by atoms with Crippen molar-refractivity contribution >= 4 is 15.9 Å². The van der Waals surface area contributed by atoms with Gasteiger partial charge in [-0.15, -0.1) is 0 Å². The fourth-order valence-electron chi connectivity index (χ4n) is 3.64. The minimum Gasteiger partial charge on any atom is -0.341 e. The molecule has 2 aromatic carbocycles. The zero-order valence-electron chi connectivity index (χ0n) is 17.3. The normalized spacial score (nSPS) is 17.3. The highest BCUT2D eigenvalue weighted by molar-refractivity contribution is 7.89. The lowest BCUT2D eigenvalue weighted by Crippen LogP contribution is -2.46. The molecule has 1 N–H and O–H groups in total. The number of rotatable bonds is 5. The third-order valence-electron chi connectivity index (χ3n) is 5.69. The van der Waals surface area contributed by atoms with Crippen LogP contribution in [0.25, 0.3) is 0 Å². The molecular weight excluding hydrogens is 429 g/mol. The van der Waals surface area contributed by atoms with Gasteiger partial charge in [-0.2, -0.15) is 17.5 Å². The van der Waals surface area contributed by atoms with E-state index in [2.05, 4.69) is 5.32 Å².